The highest BCUT2D eigenvalue weighted by Crippen LogP contribution is 2.47. The molecule has 2 unspecified atom stereocenters. The Kier molecular flexibility index (Phi) is 15.6. The van der Waals surface area contributed by atoms with Gasteiger partial charge in [0.15, 0.2) is 0 Å². The first-order valence-electron chi connectivity index (χ1n) is 15.3. The molecule has 0 aromatic heterocycles. The third-order valence-corrected chi connectivity index (χ3v) is 9.34. The molecule has 5 atom stereocenters. The molecule has 0 aromatic rings. The van der Waals surface area contributed by atoms with Crippen LogP contribution in [0.5, 0.6) is 0 Å². The number of amides is 2. The van der Waals surface area contributed by atoms with Crippen molar-refractivity contribution in [2.75, 3.05) is 32.1 Å². The van der Waals surface area contributed by atoms with Gasteiger partial charge in [-0.1, -0.05) is 27.7 Å². The van der Waals surface area contributed by atoms with Gasteiger partial charge in [-0.15, -0.1) is 0 Å². The summed E-state index contributed by atoms with van der Waals surface area (Å²) in [6.45, 7) is 17.1. The minimum atomic E-state index is -4.45. The van der Waals surface area contributed by atoms with E-state index in [1.165, 1.54) is 0 Å². The van der Waals surface area contributed by atoms with Crippen LogP contribution in [0.25, 0.3) is 0 Å². The van der Waals surface area contributed by atoms with Crippen molar-refractivity contribution in [3.8, 4) is 0 Å². The summed E-state index contributed by atoms with van der Waals surface area (Å²) in [6, 6.07) is -0.606. The number of carbonyl (C=O) groups is 2. The molecule has 2 heterocycles. The van der Waals surface area contributed by atoms with Crippen molar-refractivity contribution >= 4 is 31.4 Å². The average molecular weight is 623 g/mol. The van der Waals surface area contributed by atoms with Crippen LogP contribution < -0.4 is 0 Å². The van der Waals surface area contributed by atoms with Gasteiger partial charge < -0.3 is 24.2 Å². The van der Waals surface area contributed by atoms with Gasteiger partial charge in [-0.3, -0.25) is 18.6 Å². The summed E-state index contributed by atoms with van der Waals surface area (Å²) < 4.78 is 35.9. The number of phosphoric ester groups is 1. The summed E-state index contributed by atoms with van der Waals surface area (Å²) in [7, 11) is -4.45. The van der Waals surface area contributed by atoms with Crippen molar-refractivity contribution in [3.63, 3.8) is 0 Å². The zero-order chi connectivity index (χ0) is 30.7. The number of thioether (sulfide) groups is 1. The predicted octanol–water partition coefficient (Wildman–Crippen LogP) is 5.27. The van der Waals surface area contributed by atoms with Crippen molar-refractivity contribution in [1.29, 1.82) is 0 Å². The molecule has 2 amide bonds. The van der Waals surface area contributed by atoms with E-state index in [4.69, 9.17) is 18.5 Å². The molecule has 0 aliphatic carbocycles. The highest BCUT2D eigenvalue weighted by Gasteiger charge is 2.41. The van der Waals surface area contributed by atoms with Crippen LogP contribution in [0.15, 0.2) is 0 Å². The molecule has 2 saturated heterocycles. The molecule has 2 rings (SSSR count). The van der Waals surface area contributed by atoms with Gasteiger partial charge in [0.25, 0.3) is 0 Å². The quantitative estimate of drug-likeness (QED) is 0.161. The van der Waals surface area contributed by atoms with Crippen LogP contribution in [0.4, 0.5) is 0 Å². The summed E-state index contributed by atoms with van der Waals surface area (Å²) in [5.74, 6) is 1.31. The lowest BCUT2D eigenvalue weighted by molar-refractivity contribution is -0.134. The smallest absolute Gasteiger partial charge is 0.377 e. The van der Waals surface area contributed by atoms with E-state index in [-0.39, 0.29) is 55.4 Å². The standard InChI is InChI=1S/C29H55N2O8PS/c1-20(2)11-12-29(33)30-16-26(38-22(5)6)14-25(30)19-37-40(34,35)39-27-15-24(18-36-21(3)4)31(17-27)28(32)10-9-13-41-23(7)8/h20-27H,9-19H2,1-8H3,(H,34,35)/t24-,25-,26+,27?/m0/s1. The van der Waals surface area contributed by atoms with Crippen LogP contribution in [-0.2, 0) is 32.7 Å². The topological polar surface area (TPSA) is 115 Å². The number of hydrogen-bond donors (Lipinski definition) is 1. The summed E-state index contributed by atoms with van der Waals surface area (Å²) in [5.41, 5.74) is 0. The zero-order valence-corrected chi connectivity index (χ0v) is 28.2. The van der Waals surface area contributed by atoms with Crippen LogP contribution in [0.2, 0.25) is 0 Å². The molecule has 0 bridgehead atoms. The number of carbonyl (C=O) groups excluding carboxylic acids is 2. The maximum atomic E-state index is 13.1. The monoisotopic (exact) mass is 622 g/mol. The second-order valence-electron chi connectivity index (χ2n) is 12.5. The highest BCUT2D eigenvalue weighted by molar-refractivity contribution is 7.99. The fourth-order valence-corrected chi connectivity index (χ4v) is 6.91. The normalized spacial score (nSPS) is 24.8. The van der Waals surface area contributed by atoms with Gasteiger partial charge in [0.1, 0.15) is 0 Å². The van der Waals surface area contributed by atoms with Gasteiger partial charge in [0, 0.05) is 25.9 Å². The first kappa shape index (κ1) is 36.5. The Morgan fingerprint density at radius 1 is 0.878 bits per heavy atom. The highest BCUT2D eigenvalue weighted by atomic mass is 32.2. The Balaban J connectivity index is 1.98. The van der Waals surface area contributed by atoms with Crippen molar-refractivity contribution in [1.82, 2.24) is 9.80 Å². The van der Waals surface area contributed by atoms with Crippen LogP contribution in [0, 0.1) is 5.92 Å². The lowest BCUT2D eigenvalue weighted by Gasteiger charge is -2.26. The van der Waals surface area contributed by atoms with Gasteiger partial charge in [-0.25, -0.2) is 4.57 Å². The number of ether oxygens (including phenoxy) is 2. The van der Waals surface area contributed by atoms with Crippen LogP contribution in [0.3, 0.4) is 0 Å². The molecule has 12 heteroatoms. The van der Waals surface area contributed by atoms with Crippen LogP contribution in [-0.4, -0.2) is 100 Å². The summed E-state index contributed by atoms with van der Waals surface area (Å²) in [4.78, 5) is 40.1. The number of rotatable bonds is 18. The number of likely N-dealkylation sites (tertiary alicyclic amines) is 2. The van der Waals surface area contributed by atoms with E-state index in [9.17, 15) is 19.0 Å². The third kappa shape index (κ3) is 13.7. The van der Waals surface area contributed by atoms with E-state index in [1.54, 1.807) is 9.80 Å². The molecule has 0 aromatic carbocycles. The van der Waals surface area contributed by atoms with Crippen molar-refractivity contribution in [2.24, 2.45) is 5.92 Å². The van der Waals surface area contributed by atoms with E-state index in [1.807, 2.05) is 39.5 Å². The Morgan fingerprint density at radius 3 is 2.05 bits per heavy atom. The van der Waals surface area contributed by atoms with Gasteiger partial charge in [0.2, 0.25) is 11.8 Å². The molecule has 2 aliphatic rings. The fraction of sp³-hybridized carbons (Fsp3) is 0.931. The maximum absolute atomic E-state index is 13.1. The van der Waals surface area contributed by atoms with E-state index in [0.717, 1.165) is 18.6 Å². The van der Waals surface area contributed by atoms with Crippen LogP contribution >= 0.6 is 19.6 Å². The summed E-state index contributed by atoms with van der Waals surface area (Å²) >= 11 is 1.82. The van der Waals surface area contributed by atoms with E-state index in [2.05, 4.69) is 27.7 Å². The Morgan fingerprint density at radius 2 is 1.46 bits per heavy atom. The van der Waals surface area contributed by atoms with Crippen molar-refractivity contribution in [3.05, 3.63) is 0 Å². The Hall–Kier alpha value is -0.680. The van der Waals surface area contributed by atoms with Gasteiger partial charge >= 0.3 is 7.82 Å². The second-order valence-corrected chi connectivity index (χ2v) is 15.6. The van der Waals surface area contributed by atoms with E-state index < -0.39 is 13.9 Å². The van der Waals surface area contributed by atoms with E-state index >= 15 is 0 Å². The largest absolute Gasteiger partial charge is 0.472 e. The number of hydrogen-bond acceptors (Lipinski definition) is 8. The fourth-order valence-electron chi connectivity index (χ4n) is 5.18. The number of nitrogens with zero attached hydrogens (tertiary/aromatic N) is 2. The maximum Gasteiger partial charge on any atom is 0.472 e. The minimum Gasteiger partial charge on any atom is -0.377 e. The van der Waals surface area contributed by atoms with Gasteiger partial charge in [0.05, 0.1) is 49.7 Å². The Labute approximate surface area is 252 Å². The molecule has 2 aliphatic heterocycles. The molecule has 1 N–H and O–H groups in total. The van der Waals surface area contributed by atoms with Crippen LogP contribution in [0.1, 0.15) is 93.9 Å². The minimum absolute atomic E-state index is 0.000539. The first-order chi connectivity index (χ1) is 19.2. The molecular weight excluding hydrogens is 567 g/mol. The molecule has 0 radical (unpaired) electrons. The Bertz CT molecular complexity index is 859. The lowest BCUT2D eigenvalue weighted by Crippen LogP contribution is -2.39. The second kappa shape index (κ2) is 17.6. The molecular formula is C29H55N2O8PS. The summed E-state index contributed by atoms with van der Waals surface area (Å²) in [6.07, 6.45) is 2.51. The predicted molar refractivity (Wildman–Crippen MR) is 163 cm³/mol. The third-order valence-electron chi connectivity index (χ3n) is 7.11. The molecule has 41 heavy (non-hydrogen) atoms. The van der Waals surface area contributed by atoms with Gasteiger partial charge in [-0.2, -0.15) is 11.8 Å². The van der Waals surface area contributed by atoms with Gasteiger partial charge in [-0.05, 0) is 70.3 Å². The molecule has 0 spiro atoms. The molecule has 10 nitrogen and oxygen atoms in total. The summed E-state index contributed by atoms with van der Waals surface area (Å²) in [5, 5.41) is 0.517. The first-order valence-corrected chi connectivity index (χ1v) is 17.8. The SMILES string of the molecule is CC(C)CCC(=O)N1C[C@H](OC(C)C)C[C@H]1COP(=O)(O)OC1C[C@@H](COC(C)C)N(C(=O)CCCSC(C)C)C1. The molecule has 240 valence electrons. The molecule has 2 fully saturated rings. The van der Waals surface area contributed by atoms with Crippen molar-refractivity contribution < 1.29 is 37.6 Å². The zero-order valence-electron chi connectivity index (χ0n) is 26.5. The van der Waals surface area contributed by atoms with Crippen molar-refractivity contribution in [2.45, 2.75) is 136 Å². The lowest BCUT2D eigenvalue weighted by atomic mass is 10.1. The van der Waals surface area contributed by atoms with E-state index in [0.29, 0.717) is 50.0 Å². The molecule has 0 saturated carbocycles. The average Bonchev–Trinajstić information content (AvgIpc) is 3.45. The number of phosphoric acid groups is 1.